The van der Waals surface area contributed by atoms with E-state index in [0.29, 0.717) is 18.1 Å². The van der Waals surface area contributed by atoms with Crippen LogP contribution in [-0.2, 0) is 13.2 Å². The molecule has 1 amide bonds. The van der Waals surface area contributed by atoms with Gasteiger partial charge in [-0.2, -0.15) is 5.10 Å². The SMILES string of the molecule is Cc1ccc(C)n1-c1ccc(OCc2ccc(C(=O)N/N=C/c3cn(Cc4cccc([N+](=O)[O-])c4)c4ccccc34)o2)cc1. The van der Waals surface area contributed by atoms with Crippen LogP contribution in [0.3, 0.4) is 0 Å². The molecular weight excluding hydrogens is 558 g/mol. The van der Waals surface area contributed by atoms with Crippen molar-refractivity contribution in [1.29, 1.82) is 0 Å². The molecule has 3 aromatic carbocycles. The number of amides is 1. The van der Waals surface area contributed by atoms with E-state index in [4.69, 9.17) is 9.15 Å². The number of aryl methyl sites for hydroxylation is 2. The molecule has 220 valence electrons. The Morgan fingerprint density at radius 2 is 1.75 bits per heavy atom. The van der Waals surface area contributed by atoms with Gasteiger partial charge in [0.1, 0.15) is 18.1 Å². The normalized spacial score (nSPS) is 11.3. The van der Waals surface area contributed by atoms with Crippen molar-refractivity contribution in [3.05, 3.63) is 147 Å². The Hall–Kier alpha value is -5.90. The Balaban J connectivity index is 1.08. The number of hydrazone groups is 1. The van der Waals surface area contributed by atoms with Crippen LogP contribution in [0.15, 0.2) is 113 Å². The zero-order valence-corrected chi connectivity index (χ0v) is 24.1. The fraction of sp³-hybridized carbons (Fsp3) is 0.118. The lowest BCUT2D eigenvalue weighted by Crippen LogP contribution is -2.16. The number of benzene rings is 3. The number of aromatic nitrogens is 2. The fourth-order valence-corrected chi connectivity index (χ4v) is 5.19. The molecular formula is C34H29N5O5. The first-order valence-corrected chi connectivity index (χ1v) is 14.0. The number of nitrogens with one attached hydrogen (secondary N) is 1. The van der Waals surface area contributed by atoms with E-state index < -0.39 is 10.8 Å². The van der Waals surface area contributed by atoms with Gasteiger partial charge in [0.15, 0.2) is 5.76 Å². The number of non-ortho nitro benzene ring substituents is 1. The summed E-state index contributed by atoms with van der Waals surface area (Å²) in [6.45, 7) is 4.74. The molecule has 0 atom stereocenters. The van der Waals surface area contributed by atoms with Crippen molar-refractivity contribution in [2.45, 2.75) is 27.0 Å². The predicted octanol–water partition coefficient (Wildman–Crippen LogP) is 6.94. The van der Waals surface area contributed by atoms with Crippen LogP contribution in [0.1, 0.15) is 38.8 Å². The minimum Gasteiger partial charge on any atom is -0.486 e. The molecule has 0 aliphatic heterocycles. The van der Waals surface area contributed by atoms with Crippen molar-refractivity contribution in [2.24, 2.45) is 5.10 Å². The van der Waals surface area contributed by atoms with E-state index in [9.17, 15) is 14.9 Å². The van der Waals surface area contributed by atoms with Gasteiger partial charge in [-0.1, -0.05) is 30.3 Å². The van der Waals surface area contributed by atoms with Gasteiger partial charge in [-0.25, -0.2) is 5.43 Å². The van der Waals surface area contributed by atoms with E-state index >= 15 is 0 Å². The smallest absolute Gasteiger partial charge is 0.307 e. The lowest BCUT2D eigenvalue weighted by molar-refractivity contribution is -0.384. The number of nitro groups is 1. The summed E-state index contributed by atoms with van der Waals surface area (Å²) in [5.41, 5.74) is 8.46. The molecule has 0 aliphatic rings. The third-order valence-electron chi connectivity index (χ3n) is 7.30. The maximum Gasteiger partial charge on any atom is 0.307 e. The monoisotopic (exact) mass is 587 g/mol. The van der Waals surface area contributed by atoms with Crippen LogP contribution < -0.4 is 10.2 Å². The summed E-state index contributed by atoms with van der Waals surface area (Å²) in [5.74, 6) is 0.815. The number of nitrogens with zero attached hydrogens (tertiary/aromatic N) is 4. The second kappa shape index (κ2) is 12.1. The quantitative estimate of drug-likeness (QED) is 0.106. The van der Waals surface area contributed by atoms with Crippen LogP contribution in [0.4, 0.5) is 5.69 Å². The van der Waals surface area contributed by atoms with Gasteiger partial charge >= 0.3 is 5.91 Å². The van der Waals surface area contributed by atoms with Gasteiger partial charge in [-0.15, -0.1) is 0 Å². The molecule has 0 unspecified atom stereocenters. The van der Waals surface area contributed by atoms with E-state index in [1.165, 1.54) is 6.07 Å². The van der Waals surface area contributed by atoms with Crippen LogP contribution >= 0.6 is 0 Å². The van der Waals surface area contributed by atoms with Crippen LogP contribution in [-0.4, -0.2) is 26.2 Å². The van der Waals surface area contributed by atoms with Gasteiger partial charge in [0, 0.05) is 58.4 Å². The molecule has 3 aromatic heterocycles. The van der Waals surface area contributed by atoms with Gasteiger partial charge < -0.3 is 18.3 Å². The number of rotatable bonds is 10. The Morgan fingerprint density at radius 3 is 2.52 bits per heavy atom. The highest BCUT2D eigenvalue weighted by atomic mass is 16.6. The fourth-order valence-electron chi connectivity index (χ4n) is 5.19. The molecule has 0 fully saturated rings. The molecule has 1 N–H and O–H groups in total. The summed E-state index contributed by atoms with van der Waals surface area (Å²) in [7, 11) is 0. The summed E-state index contributed by atoms with van der Waals surface area (Å²) >= 11 is 0. The maximum atomic E-state index is 12.7. The van der Waals surface area contributed by atoms with Gasteiger partial charge in [0.25, 0.3) is 5.69 Å². The summed E-state index contributed by atoms with van der Waals surface area (Å²) in [5, 5.41) is 16.3. The zero-order valence-electron chi connectivity index (χ0n) is 24.1. The number of hydrogen-bond donors (Lipinski definition) is 1. The van der Waals surface area contributed by atoms with Gasteiger partial charge in [-0.3, -0.25) is 14.9 Å². The Bertz CT molecular complexity index is 1980. The number of furan rings is 1. The molecule has 0 bridgehead atoms. The lowest BCUT2D eigenvalue weighted by atomic mass is 10.2. The molecule has 6 aromatic rings. The predicted molar refractivity (Wildman–Crippen MR) is 167 cm³/mol. The van der Waals surface area contributed by atoms with Crippen molar-refractivity contribution in [2.75, 3.05) is 0 Å². The van der Waals surface area contributed by atoms with Gasteiger partial charge in [-0.05, 0) is 74.0 Å². The molecule has 44 heavy (non-hydrogen) atoms. The van der Waals surface area contributed by atoms with Crippen LogP contribution in [0.2, 0.25) is 0 Å². The second-order valence-electron chi connectivity index (χ2n) is 10.4. The van der Waals surface area contributed by atoms with Crippen molar-refractivity contribution in [1.82, 2.24) is 14.6 Å². The molecule has 10 nitrogen and oxygen atoms in total. The highest BCUT2D eigenvalue weighted by Crippen LogP contribution is 2.23. The molecule has 0 saturated carbocycles. The molecule has 0 radical (unpaired) electrons. The van der Waals surface area contributed by atoms with E-state index in [-0.39, 0.29) is 18.1 Å². The largest absolute Gasteiger partial charge is 0.486 e. The van der Waals surface area contributed by atoms with E-state index in [1.54, 1.807) is 30.5 Å². The number of carbonyl (C=O) groups excluding carboxylic acids is 1. The van der Waals surface area contributed by atoms with E-state index in [2.05, 4.69) is 41.1 Å². The van der Waals surface area contributed by atoms with Crippen LogP contribution in [0, 0.1) is 24.0 Å². The highest BCUT2D eigenvalue weighted by Gasteiger charge is 2.13. The topological polar surface area (TPSA) is 117 Å². The maximum absolute atomic E-state index is 12.7. The molecule has 0 aliphatic carbocycles. The Labute approximate surface area is 253 Å². The first-order chi connectivity index (χ1) is 21.4. The minimum absolute atomic E-state index is 0.0449. The number of para-hydroxylation sites is 1. The summed E-state index contributed by atoms with van der Waals surface area (Å²) < 4.78 is 15.7. The number of fused-ring (bicyclic) bond motifs is 1. The summed E-state index contributed by atoms with van der Waals surface area (Å²) in [6, 6.07) is 29.6. The van der Waals surface area contributed by atoms with Gasteiger partial charge in [0.05, 0.1) is 11.1 Å². The standard InChI is InChI=1S/C34H29N5O5/c1-23-10-11-24(2)38(23)27-12-14-29(15-13-27)43-22-30-16-17-33(44-30)34(40)36-35-19-26-21-37(32-9-4-3-8-31(26)32)20-25-6-5-7-28(18-25)39(41)42/h3-19,21H,20,22H2,1-2H3,(H,36,40)/b35-19+. The molecule has 10 heteroatoms. The number of carbonyl (C=O) groups is 1. The number of hydrogen-bond acceptors (Lipinski definition) is 6. The lowest BCUT2D eigenvalue weighted by Gasteiger charge is -2.10. The van der Waals surface area contributed by atoms with Crippen molar-refractivity contribution < 1.29 is 18.9 Å². The number of nitro benzene ring substituents is 1. The van der Waals surface area contributed by atoms with Crippen molar-refractivity contribution in [3.63, 3.8) is 0 Å². The molecule has 0 spiro atoms. The second-order valence-corrected chi connectivity index (χ2v) is 10.4. The molecule has 6 rings (SSSR count). The Morgan fingerprint density at radius 1 is 0.977 bits per heavy atom. The first-order valence-electron chi connectivity index (χ1n) is 14.0. The van der Waals surface area contributed by atoms with Crippen molar-refractivity contribution in [3.8, 4) is 11.4 Å². The minimum atomic E-state index is -0.491. The molecule has 3 heterocycles. The third kappa shape index (κ3) is 6.00. The van der Waals surface area contributed by atoms with E-state index in [0.717, 1.165) is 39.1 Å². The third-order valence-corrected chi connectivity index (χ3v) is 7.30. The van der Waals surface area contributed by atoms with E-state index in [1.807, 2.05) is 65.4 Å². The van der Waals surface area contributed by atoms with Crippen molar-refractivity contribution >= 4 is 28.7 Å². The Kier molecular flexibility index (Phi) is 7.79. The van der Waals surface area contributed by atoms with Gasteiger partial charge in [0.2, 0.25) is 0 Å². The zero-order chi connectivity index (χ0) is 30.6. The van der Waals surface area contributed by atoms with Crippen LogP contribution in [0.25, 0.3) is 16.6 Å². The average Bonchev–Trinajstić information content (AvgIpc) is 3.74. The number of ether oxygens (including phenoxy) is 1. The van der Waals surface area contributed by atoms with Crippen LogP contribution in [0.5, 0.6) is 5.75 Å². The molecule has 0 saturated heterocycles. The summed E-state index contributed by atoms with van der Waals surface area (Å²) in [6.07, 6.45) is 3.46. The average molecular weight is 588 g/mol. The first kappa shape index (κ1) is 28.2. The summed E-state index contributed by atoms with van der Waals surface area (Å²) in [4.78, 5) is 23.5. The highest BCUT2D eigenvalue weighted by molar-refractivity contribution is 6.00.